The fraction of sp³-hybridized carbons (Fsp3) is 0.455. The maximum absolute atomic E-state index is 11.6. The predicted molar refractivity (Wildman–Crippen MR) is 62.4 cm³/mol. The van der Waals surface area contributed by atoms with E-state index in [-0.39, 0.29) is 48.3 Å². The van der Waals surface area contributed by atoms with Crippen molar-refractivity contribution in [2.75, 3.05) is 11.9 Å². The van der Waals surface area contributed by atoms with Gasteiger partial charge in [0.1, 0.15) is 12.4 Å². The zero-order chi connectivity index (χ0) is 13.0. The number of fused-ring (bicyclic) bond motifs is 1. The smallest absolute Gasteiger partial charge is 0.550 e. The quantitative estimate of drug-likeness (QED) is 0.442. The number of aryl methyl sites for hydroxylation is 1. The topological polar surface area (TPSA) is 99.4 Å². The van der Waals surface area contributed by atoms with Gasteiger partial charge in [0.2, 0.25) is 5.78 Å². The summed E-state index contributed by atoms with van der Waals surface area (Å²) in [6.45, 7) is 0.700. The van der Waals surface area contributed by atoms with E-state index < -0.39 is 5.97 Å². The second-order valence-corrected chi connectivity index (χ2v) is 4.00. The Bertz CT molecular complexity index is 498. The van der Waals surface area contributed by atoms with E-state index in [1.807, 2.05) is 0 Å². The Balaban J connectivity index is 0.00000180. The normalized spacial score (nSPS) is 13.2. The van der Waals surface area contributed by atoms with Crippen molar-refractivity contribution in [2.45, 2.75) is 25.8 Å². The van der Waals surface area contributed by atoms with Crippen LogP contribution in [0.3, 0.4) is 0 Å². The number of aliphatic imine (C=N–C) groups is 1. The Morgan fingerprint density at radius 3 is 3.00 bits per heavy atom. The number of aliphatic carboxylic acids is 1. The largest absolute Gasteiger partial charge is 1.00 e. The second kappa shape index (κ2) is 7.42. The van der Waals surface area contributed by atoms with Crippen LogP contribution in [0.4, 0.5) is 5.82 Å². The van der Waals surface area contributed by atoms with Gasteiger partial charge < -0.3 is 19.8 Å². The van der Waals surface area contributed by atoms with Crippen LogP contribution in [0.5, 0.6) is 0 Å². The first-order chi connectivity index (χ1) is 8.68. The number of rotatable bonds is 5. The van der Waals surface area contributed by atoms with E-state index in [2.05, 4.69) is 15.3 Å². The van der Waals surface area contributed by atoms with Gasteiger partial charge in [-0.3, -0.25) is 9.79 Å². The number of nitrogens with one attached hydrogen (secondary N) is 1. The Morgan fingerprint density at radius 1 is 1.47 bits per heavy atom. The summed E-state index contributed by atoms with van der Waals surface area (Å²) in [5.74, 6) is -0.547. The molecule has 1 aliphatic heterocycles. The minimum absolute atomic E-state index is 0. The molecule has 8 heteroatoms. The summed E-state index contributed by atoms with van der Waals surface area (Å²) in [5, 5.41) is 13.2. The Morgan fingerprint density at radius 2 is 2.26 bits per heavy atom. The van der Waals surface area contributed by atoms with Crippen molar-refractivity contribution in [3.05, 3.63) is 12.0 Å². The number of carbonyl (C=O) groups excluding carboxylic acids is 2. The number of imidazole rings is 1. The molecule has 0 atom stereocenters. The molecule has 0 aliphatic carbocycles. The third-order valence-corrected chi connectivity index (χ3v) is 2.66. The summed E-state index contributed by atoms with van der Waals surface area (Å²) in [6.07, 6.45) is 4.32. The van der Waals surface area contributed by atoms with Gasteiger partial charge in [-0.2, -0.15) is 0 Å². The van der Waals surface area contributed by atoms with Crippen LogP contribution >= 0.6 is 0 Å². The molecular weight excluding hydrogens is 259 g/mol. The Labute approximate surface area is 132 Å². The number of unbranched alkanes of at least 4 members (excludes halogenated alkanes) is 1. The number of nitrogens with zero attached hydrogens (tertiary/aromatic N) is 3. The van der Waals surface area contributed by atoms with Crippen molar-refractivity contribution in [1.29, 1.82) is 0 Å². The van der Waals surface area contributed by atoms with Crippen LogP contribution in [0.1, 0.15) is 29.8 Å². The molecule has 19 heavy (non-hydrogen) atoms. The maximum atomic E-state index is 11.6. The van der Waals surface area contributed by atoms with E-state index in [4.69, 9.17) is 0 Å². The number of anilines is 1. The second-order valence-electron chi connectivity index (χ2n) is 4.00. The van der Waals surface area contributed by atoms with Crippen molar-refractivity contribution < 1.29 is 44.3 Å². The molecule has 0 fully saturated rings. The molecule has 0 bridgehead atoms. The third-order valence-electron chi connectivity index (χ3n) is 2.66. The SMILES string of the molecule is O=C([O-])CCCCn1cnc2c1NC=NCC2=O.[Na+]. The monoisotopic (exact) mass is 272 g/mol. The molecule has 96 valence electrons. The summed E-state index contributed by atoms with van der Waals surface area (Å²) in [5.41, 5.74) is 0.382. The summed E-state index contributed by atoms with van der Waals surface area (Å²) in [4.78, 5) is 29.8. The average molecular weight is 272 g/mol. The van der Waals surface area contributed by atoms with E-state index in [1.165, 1.54) is 6.34 Å². The molecule has 1 aliphatic rings. The molecular formula is C11H13N4NaO3. The van der Waals surface area contributed by atoms with Crippen molar-refractivity contribution in [3.63, 3.8) is 0 Å². The number of ketones is 1. The van der Waals surface area contributed by atoms with Gasteiger partial charge in [-0.1, -0.05) is 0 Å². The van der Waals surface area contributed by atoms with Crippen LogP contribution in [-0.2, 0) is 11.3 Å². The van der Waals surface area contributed by atoms with Gasteiger partial charge in [0.05, 0.1) is 12.7 Å². The van der Waals surface area contributed by atoms with E-state index >= 15 is 0 Å². The molecule has 0 amide bonds. The number of carboxylic acids is 1. The van der Waals surface area contributed by atoms with Gasteiger partial charge in [-0.15, -0.1) is 0 Å². The van der Waals surface area contributed by atoms with Crippen molar-refractivity contribution >= 4 is 23.9 Å². The van der Waals surface area contributed by atoms with Gasteiger partial charge in [-0.05, 0) is 19.3 Å². The summed E-state index contributed by atoms with van der Waals surface area (Å²) < 4.78 is 1.79. The molecule has 0 radical (unpaired) electrons. The molecule has 0 aromatic carbocycles. The van der Waals surface area contributed by atoms with Crippen LogP contribution in [0, 0.1) is 0 Å². The number of hydrogen-bond acceptors (Lipinski definition) is 6. The first kappa shape index (κ1) is 15.9. The van der Waals surface area contributed by atoms with Crippen LogP contribution in [-0.4, -0.2) is 34.2 Å². The summed E-state index contributed by atoms with van der Waals surface area (Å²) in [6, 6.07) is 0. The van der Waals surface area contributed by atoms with Gasteiger partial charge in [0.25, 0.3) is 0 Å². The molecule has 1 N–H and O–H groups in total. The van der Waals surface area contributed by atoms with E-state index in [1.54, 1.807) is 10.9 Å². The number of Topliss-reactive ketones (excluding diaryl/α,β-unsaturated/α-hetero) is 1. The molecule has 2 rings (SSSR count). The minimum Gasteiger partial charge on any atom is -0.550 e. The molecule has 0 saturated carbocycles. The van der Waals surface area contributed by atoms with Gasteiger partial charge in [0, 0.05) is 12.5 Å². The van der Waals surface area contributed by atoms with Crippen molar-refractivity contribution in [3.8, 4) is 0 Å². The predicted octanol–water partition coefficient (Wildman–Crippen LogP) is -3.56. The first-order valence-electron chi connectivity index (χ1n) is 5.71. The van der Waals surface area contributed by atoms with E-state index in [9.17, 15) is 14.7 Å². The molecule has 0 saturated heterocycles. The van der Waals surface area contributed by atoms with Gasteiger partial charge >= 0.3 is 29.6 Å². The Kier molecular flexibility index (Phi) is 6.20. The molecule has 0 spiro atoms. The first-order valence-corrected chi connectivity index (χ1v) is 5.71. The number of hydrogen-bond donors (Lipinski definition) is 1. The summed E-state index contributed by atoms with van der Waals surface area (Å²) >= 11 is 0. The van der Waals surface area contributed by atoms with Crippen LogP contribution < -0.4 is 40.0 Å². The number of aromatic nitrogens is 2. The molecule has 2 heterocycles. The fourth-order valence-corrected chi connectivity index (χ4v) is 1.77. The number of carbonyl (C=O) groups is 2. The van der Waals surface area contributed by atoms with Crippen molar-refractivity contribution in [2.24, 2.45) is 4.99 Å². The molecule has 0 unspecified atom stereocenters. The fourth-order valence-electron chi connectivity index (χ4n) is 1.77. The maximum Gasteiger partial charge on any atom is 1.00 e. The third kappa shape index (κ3) is 4.15. The summed E-state index contributed by atoms with van der Waals surface area (Å²) in [7, 11) is 0. The number of carboxylic acid groups (broad SMARTS) is 1. The van der Waals surface area contributed by atoms with E-state index in [0.717, 1.165) is 0 Å². The van der Waals surface area contributed by atoms with Crippen LogP contribution in [0.2, 0.25) is 0 Å². The zero-order valence-corrected chi connectivity index (χ0v) is 12.8. The van der Waals surface area contributed by atoms with Crippen molar-refractivity contribution in [1.82, 2.24) is 9.55 Å². The Hall–Kier alpha value is -1.18. The zero-order valence-electron chi connectivity index (χ0n) is 10.8. The molecule has 1 aromatic heterocycles. The van der Waals surface area contributed by atoms with Crippen LogP contribution in [0.25, 0.3) is 0 Å². The molecule has 7 nitrogen and oxygen atoms in total. The van der Waals surface area contributed by atoms with Gasteiger partial charge in [-0.25, -0.2) is 4.98 Å². The van der Waals surface area contributed by atoms with Gasteiger partial charge in [0.15, 0.2) is 5.69 Å². The standard InChI is InChI=1S/C11H14N4O3.Na/c16-8-5-12-6-13-11-10(8)14-7-15(11)4-2-1-3-9(17)18;/h6-7H,1-5H2,(H,12,13)(H,17,18);/q;+1/p-1. The minimum atomic E-state index is -1.04. The van der Waals surface area contributed by atoms with E-state index in [0.29, 0.717) is 30.9 Å². The average Bonchev–Trinajstić information content (AvgIpc) is 2.64. The molecule has 1 aromatic rings. The van der Waals surface area contributed by atoms with Crippen LogP contribution in [0.15, 0.2) is 11.3 Å².